The second-order valence-electron chi connectivity index (χ2n) is 5.85. The van der Waals surface area contributed by atoms with Gasteiger partial charge < -0.3 is 14.3 Å². The normalized spacial score (nSPS) is 21.8. The first-order valence-electron chi connectivity index (χ1n) is 7.62. The highest BCUT2D eigenvalue weighted by Crippen LogP contribution is 2.38. The quantitative estimate of drug-likeness (QED) is 0.780. The number of benzene rings is 1. The summed E-state index contributed by atoms with van der Waals surface area (Å²) in [5.41, 5.74) is 2.14. The molecule has 1 aromatic heterocycles. The van der Waals surface area contributed by atoms with Crippen LogP contribution in [0, 0.1) is 4.77 Å². The van der Waals surface area contributed by atoms with Crippen molar-refractivity contribution in [2.24, 2.45) is 0 Å². The third kappa shape index (κ3) is 2.65. The van der Waals surface area contributed by atoms with Crippen molar-refractivity contribution in [3.05, 3.63) is 28.0 Å². The number of rotatable bonds is 3. The lowest BCUT2D eigenvalue weighted by Gasteiger charge is -2.40. The van der Waals surface area contributed by atoms with E-state index in [1.165, 1.54) is 0 Å². The van der Waals surface area contributed by atoms with Crippen molar-refractivity contribution >= 4 is 34.9 Å². The molecule has 1 saturated heterocycles. The number of nitrogens with zero attached hydrogens (tertiary/aromatic N) is 1. The van der Waals surface area contributed by atoms with E-state index in [-0.39, 0.29) is 5.60 Å². The zero-order valence-corrected chi connectivity index (χ0v) is 14.1. The Labute approximate surface area is 135 Å². The molecule has 21 heavy (non-hydrogen) atoms. The molecule has 0 saturated carbocycles. The Hall–Kier alpha value is -0.840. The van der Waals surface area contributed by atoms with Gasteiger partial charge in [-0.05, 0) is 56.1 Å². The zero-order valence-electron chi connectivity index (χ0n) is 12.5. The largest absolute Gasteiger partial charge is 0.375 e. The van der Waals surface area contributed by atoms with E-state index in [1.54, 1.807) is 0 Å². The van der Waals surface area contributed by atoms with Crippen molar-refractivity contribution in [3.63, 3.8) is 0 Å². The molecule has 0 amide bonds. The molecule has 1 atom stereocenters. The minimum atomic E-state index is -0.00624. The molecule has 1 aliphatic heterocycles. The predicted octanol–water partition coefficient (Wildman–Crippen LogP) is 5.26. The standard InChI is InChI=1S/C16H21ClN2OS/c1-3-16(4-2)10-12(7-8-20-16)19-14-6-5-11(17)9-13(14)18-15(19)21/h5-6,9,12H,3-4,7-8,10H2,1-2H3,(H,18,21). The number of H-pyrrole nitrogens is 1. The van der Waals surface area contributed by atoms with Crippen LogP contribution in [-0.2, 0) is 4.74 Å². The van der Waals surface area contributed by atoms with Crippen LogP contribution < -0.4 is 0 Å². The van der Waals surface area contributed by atoms with E-state index >= 15 is 0 Å². The number of hydrogen-bond acceptors (Lipinski definition) is 2. The summed E-state index contributed by atoms with van der Waals surface area (Å²) in [6, 6.07) is 6.31. The lowest BCUT2D eigenvalue weighted by Crippen LogP contribution is -2.39. The van der Waals surface area contributed by atoms with Crippen LogP contribution in [0.4, 0.5) is 0 Å². The van der Waals surface area contributed by atoms with Crippen LogP contribution in [0.3, 0.4) is 0 Å². The van der Waals surface area contributed by atoms with Crippen LogP contribution in [0.1, 0.15) is 45.6 Å². The minimum Gasteiger partial charge on any atom is -0.375 e. The van der Waals surface area contributed by atoms with Crippen molar-refractivity contribution in [2.45, 2.75) is 51.2 Å². The van der Waals surface area contributed by atoms with E-state index < -0.39 is 0 Å². The minimum absolute atomic E-state index is 0.00624. The molecule has 0 bridgehead atoms. The molecule has 1 aliphatic rings. The van der Waals surface area contributed by atoms with Crippen molar-refractivity contribution in [2.75, 3.05) is 6.61 Å². The van der Waals surface area contributed by atoms with Gasteiger partial charge in [0, 0.05) is 17.7 Å². The number of ether oxygens (including phenoxy) is 1. The molecule has 1 fully saturated rings. The molecule has 114 valence electrons. The fourth-order valence-electron chi connectivity index (χ4n) is 3.43. The molecule has 2 aromatic rings. The van der Waals surface area contributed by atoms with Gasteiger partial charge in [0.2, 0.25) is 0 Å². The van der Waals surface area contributed by atoms with Gasteiger partial charge >= 0.3 is 0 Å². The molecule has 1 N–H and O–H groups in total. The maximum absolute atomic E-state index is 6.08. The molecule has 1 aromatic carbocycles. The SMILES string of the molecule is CCC1(CC)CC(n2c(=S)[nH]c3cc(Cl)ccc32)CCO1. The maximum Gasteiger partial charge on any atom is 0.178 e. The number of aromatic amines is 1. The van der Waals surface area contributed by atoms with Gasteiger partial charge in [-0.3, -0.25) is 0 Å². The van der Waals surface area contributed by atoms with E-state index in [4.69, 9.17) is 28.6 Å². The Balaban J connectivity index is 2.04. The zero-order chi connectivity index (χ0) is 15.0. The fourth-order valence-corrected chi connectivity index (χ4v) is 3.96. The molecular weight excluding hydrogens is 304 g/mol. The second kappa shape index (κ2) is 5.75. The average Bonchev–Trinajstić information content (AvgIpc) is 2.82. The number of imidazole rings is 1. The molecule has 1 unspecified atom stereocenters. The first-order valence-corrected chi connectivity index (χ1v) is 8.41. The summed E-state index contributed by atoms with van der Waals surface area (Å²) in [6.07, 6.45) is 4.11. The van der Waals surface area contributed by atoms with E-state index in [9.17, 15) is 0 Å². The van der Waals surface area contributed by atoms with Crippen molar-refractivity contribution in [3.8, 4) is 0 Å². The van der Waals surface area contributed by atoms with Gasteiger partial charge in [-0.2, -0.15) is 0 Å². The Kier molecular flexibility index (Phi) is 4.12. The lowest BCUT2D eigenvalue weighted by atomic mass is 9.86. The first kappa shape index (κ1) is 15.1. The number of hydrogen-bond donors (Lipinski definition) is 1. The Morgan fingerprint density at radius 2 is 2.19 bits per heavy atom. The van der Waals surface area contributed by atoms with Crippen molar-refractivity contribution in [1.29, 1.82) is 0 Å². The smallest absolute Gasteiger partial charge is 0.178 e. The fraction of sp³-hybridized carbons (Fsp3) is 0.562. The van der Waals surface area contributed by atoms with Gasteiger partial charge in [-0.1, -0.05) is 25.4 Å². The number of halogens is 1. The third-order valence-electron chi connectivity index (χ3n) is 4.80. The van der Waals surface area contributed by atoms with E-state index in [1.807, 2.05) is 12.1 Å². The van der Waals surface area contributed by atoms with Crippen LogP contribution in [0.25, 0.3) is 11.0 Å². The van der Waals surface area contributed by atoms with Crippen LogP contribution >= 0.6 is 23.8 Å². The van der Waals surface area contributed by atoms with Gasteiger partial charge in [0.05, 0.1) is 16.6 Å². The summed E-state index contributed by atoms with van der Waals surface area (Å²) in [5, 5.41) is 0.731. The van der Waals surface area contributed by atoms with Crippen LogP contribution in [-0.4, -0.2) is 21.8 Å². The Bertz CT molecular complexity index is 702. The summed E-state index contributed by atoms with van der Waals surface area (Å²) in [4.78, 5) is 3.28. The number of nitrogens with one attached hydrogen (secondary N) is 1. The van der Waals surface area contributed by atoms with Gasteiger partial charge in [0.25, 0.3) is 0 Å². The summed E-state index contributed by atoms with van der Waals surface area (Å²) >= 11 is 11.6. The second-order valence-corrected chi connectivity index (χ2v) is 6.67. The molecule has 3 rings (SSSR count). The summed E-state index contributed by atoms with van der Waals surface area (Å²) in [6.45, 7) is 5.22. The number of fused-ring (bicyclic) bond motifs is 1. The Morgan fingerprint density at radius 3 is 2.90 bits per heavy atom. The molecule has 0 spiro atoms. The summed E-state index contributed by atoms with van der Waals surface area (Å²) < 4.78 is 9.12. The van der Waals surface area contributed by atoms with E-state index in [0.717, 1.165) is 53.1 Å². The van der Waals surface area contributed by atoms with Gasteiger partial charge in [0.1, 0.15) is 0 Å². The van der Waals surface area contributed by atoms with Crippen LogP contribution in [0.15, 0.2) is 18.2 Å². The lowest BCUT2D eigenvalue weighted by molar-refractivity contribution is -0.0983. The van der Waals surface area contributed by atoms with Crippen molar-refractivity contribution in [1.82, 2.24) is 9.55 Å². The molecule has 3 nitrogen and oxygen atoms in total. The molecule has 2 heterocycles. The summed E-state index contributed by atoms with van der Waals surface area (Å²) in [5.74, 6) is 0. The van der Waals surface area contributed by atoms with Crippen LogP contribution in [0.2, 0.25) is 5.02 Å². The van der Waals surface area contributed by atoms with Gasteiger partial charge in [-0.25, -0.2) is 0 Å². The molecule has 0 radical (unpaired) electrons. The highest BCUT2D eigenvalue weighted by atomic mass is 35.5. The molecule has 0 aliphatic carbocycles. The highest BCUT2D eigenvalue weighted by molar-refractivity contribution is 7.71. The monoisotopic (exact) mass is 324 g/mol. The first-order chi connectivity index (χ1) is 10.1. The molecule has 5 heteroatoms. The highest BCUT2D eigenvalue weighted by Gasteiger charge is 2.35. The number of aromatic nitrogens is 2. The van der Waals surface area contributed by atoms with E-state index in [2.05, 4.69) is 29.5 Å². The predicted molar refractivity (Wildman–Crippen MR) is 89.7 cm³/mol. The third-order valence-corrected chi connectivity index (χ3v) is 5.33. The van der Waals surface area contributed by atoms with Gasteiger partial charge in [-0.15, -0.1) is 0 Å². The van der Waals surface area contributed by atoms with Gasteiger partial charge in [0.15, 0.2) is 4.77 Å². The van der Waals surface area contributed by atoms with E-state index in [0.29, 0.717) is 6.04 Å². The van der Waals surface area contributed by atoms with Crippen LogP contribution in [0.5, 0.6) is 0 Å². The topological polar surface area (TPSA) is 29.9 Å². The summed E-state index contributed by atoms with van der Waals surface area (Å²) in [7, 11) is 0. The Morgan fingerprint density at radius 1 is 1.43 bits per heavy atom. The van der Waals surface area contributed by atoms with Crippen molar-refractivity contribution < 1.29 is 4.74 Å². The maximum atomic E-state index is 6.08. The molecular formula is C16H21ClN2OS. The average molecular weight is 325 g/mol.